The van der Waals surface area contributed by atoms with Crippen LogP contribution in [-0.4, -0.2) is 49.2 Å². The molecule has 1 fully saturated rings. The summed E-state index contributed by atoms with van der Waals surface area (Å²) in [4.78, 5) is 39.6. The third-order valence-corrected chi connectivity index (χ3v) is 4.64. The standard InChI is InChI=1S/C18H22N2O4/c1-19-14-11-13(5-7-16(14)24-12-18(19)23)15(21)6-8-17(22)20-9-3-2-4-10-20/h5,7,11H,2-4,6,8-10,12H2,1H3. The van der Waals surface area contributed by atoms with Gasteiger partial charge in [0, 0.05) is 38.5 Å². The van der Waals surface area contributed by atoms with E-state index in [1.807, 2.05) is 4.90 Å². The third kappa shape index (κ3) is 3.42. The number of ether oxygens (including phenoxy) is 1. The van der Waals surface area contributed by atoms with Crippen LogP contribution in [0, 0.1) is 0 Å². The lowest BCUT2D eigenvalue weighted by Gasteiger charge is -2.27. The predicted octanol–water partition coefficient (Wildman–Crippen LogP) is 2.02. The molecule has 0 aliphatic carbocycles. The minimum absolute atomic E-state index is 0.0150. The molecule has 1 aromatic carbocycles. The highest BCUT2D eigenvalue weighted by molar-refractivity contribution is 6.02. The highest BCUT2D eigenvalue weighted by atomic mass is 16.5. The molecule has 0 spiro atoms. The number of Topliss-reactive ketones (excluding diaryl/α,β-unsaturated/α-hetero) is 1. The summed E-state index contributed by atoms with van der Waals surface area (Å²) in [5, 5.41) is 0. The maximum absolute atomic E-state index is 12.4. The molecule has 0 radical (unpaired) electrons. The number of nitrogens with zero attached hydrogens (tertiary/aromatic N) is 2. The van der Waals surface area contributed by atoms with Gasteiger partial charge in [-0.2, -0.15) is 0 Å². The second-order valence-corrected chi connectivity index (χ2v) is 6.29. The van der Waals surface area contributed by atoms with Crippen LogP contribution in [0.3, 0.4) is 0 Å². The van der Waals surface area contributed by atoms with Gasteiger partial charge in [-0.1, -0.05) is 0 Å². The first kappa shape index (κ1) is 16.5. The summed E-state index contributed by atoms with van der Waals surface area (Å²) < 4.78 is 5.36. The van der Waals surface area contributed by atoms with Crippen molar-refractivity contribution in [2.75, 3.05) is 31.6 Å². The lowest BCUT2D eigenvalue weighted by Crippen LogP contribution is -2.36. The zero-order valence-corrected chi connectivity index (χ0v) is 13.9. The molecule has 2 aliphatic rings. The van der Waals surface area contributed by atoms with Crippen molar-refractivity contribution in [2.24, 2.45) is 0 Å². The summed E-state index contributed by atoms with van der Waals surface area (Å²) in [6.07, 6.45) is 3.69. The van der Waals surface area contributed by atoms with Gasteiger partial charge >= 0.3 is 0 Å². The average Bonchev–Trinajstić information content (AvgIpc) is 2.63. The van der Waals surface area contributed by atoms with Crippen LogP contribution in [0.5, 0.6) is 5.75 Å². The number of ketones is 1. The fourth-order valence-corrected chi connectivity index (χ4v) is 3.11. The molecule has 0 N–H and O–H groups in total. The predicted molar refractivity (Wildman–Crippen MR) is 89.3 cm³/mol. The maximum atomic E-state index is 12.4. The lowest BCUT2D eigenvalue weighted by molar-refractivity contribution is -0.132. The zero-order chi connectivity index (χ0) is 17.1. The number of hydrogen-bond acceptors (Lipinski definition) is 4. The molecular weight excluding hydrogens is 308 g/mol. The molecule has 6 nitrogen and oxygen atoms in total. The Kier molecular flexibility index (Phi) is 4.83. The van der Waals surface area contributed by atoms with E-state index in [1.54, 1.807) is 25.2 Å². The Balaban J connectivity index is 1.63. The summed E-state index contributed by atoms with van der Waals surface area (Å²) in [7, 11) is 1.66. The average molecular weight is 330 g/mol. The van der Waals surface area contributed by atoms with Crippen molar-refractivity contribution in [3.8, 4) is 5.75 Å². The Labute approximate surface area is 141 Å². The number of piperidine rings is 1. The van der Waals surface area contributed by atoms with Crippen LogP contribution in [0.25, 0.3) is 0 Å². The second-order valence-electron chi connectivity index (χ2n) is 6.29. The van der Waals surface area contributed by atoms with Crippen molar-refractivity contribution < 1.29 is 19.1 Å². The highest BCUT2D eigenvalue weighted by Gasteiger charge is 2.24. The first-order chi connectivity index (χ1) is 11.6. The molecule has 2 amide bonds. The SMILES string of the molecule is CN1C(=O)COc2ccc(C(=O)CCC(=O)N3CCCCC3)cc21. The minimum atomic E-state index is -0.146. The fraction of sp³-hybridized carbons (Fsp3) is 0.500. The first-order valence-corrected chi connectivity index (χ1v) is 8.40. The minimum Gasteiger partial charge on any atom is -0.482 e. The number of likely N-dealkylation sites (N-methyl/N-ethyl adjacent to an activating group) is 1. The van der Waals surface area contributed by atoms with Crippen LogP contribution in [0.15, 0.2) is 18.2 Å². The molecule has 3 rings (SSSR count). The fourth-order valence-electron chi connectivity index (χ4n) is 3.11. The first-order valence-electron chi connectivity index (χ1n) is 8.40. The Bertz CT molecular complexity index is 665. The van der Waals surface area contributed by atoms with E-state index < -0.39 is 0 Å². The molecule has 0 unspecified atom stereocenters. The van der Waals surface area contributed by atoms with Gasteiger partial charge in [-0.15, -0.1) is 0 Å². The number of fused-ring (bicyclic) bond motifs is 1. The van der Waals surface area contributed by atoms with E-state index in [0.717, 1.165) is 25.9 Å². The number of hydrogen-bond donors (Lipinski definition) is 0. The van der Waals surface area contributed by atoms with Crippen LogP contribution in [0.4, 0.5) is 5.69 Å². The van der Waals surface area contributed by atoms with Crippen LogP contribution < -0.4 is 9.64 Å². The molecule has 2 aliphatic heterocycles. The number of anilines is 1. The van der Waals surface area contributed by atoms with Crippen molar-refractivity contribution in [3.05, 3.63) is 23.8 Å². The lowest BCUT2D eigenvalue weighted by atomic mass is 10.0. The molecule has 6 heteroatoms. The number of amides is 2. The van der Waals surface area contributed by atoms with Crippen LogP contribution >= 0.6 is 0 Å². The van der Waals surface area contributed by atoms with Gasteiger partial charge in [-0.25, -0.2) is 0 Å². The number of rotatable bonds is 4. The van der Waals surface area contributed by atoms with Gasteiger partial charge in [0.25, 0.3) is 5.91 Å². The largest absolute Gasteiger partial charge is 0.482 e. The zero-order valence-electron chi connectivity index (χ0n) is 13.9. The summed E-state index contributed by atoms with van der Waals surface area (Å²) in [6.45, 7) is 1.62. The smallest absolute Gasteiger partial charge is 0.264 e. The van der Waals surface area contributed by atoms with Crippen LogP contribution in [-0.2, 0) is 9.59 Å². The second kappa shape index (κ2) is 7.03. The number of carbonyl (C=O) groups excluding carboxylic acids is 3. The summed E-state index contributed by atoms with van der Waals surface area (Å²) >= 11 is 0. The van der Waals surface area contributed by atoms with Crippen LogP contribution in [0.2, 0.25) is 0 Å². The molecule has 0 aromatic heterocycles. The Hall–Kier alpha value is -2.37. The number of likely N-dealkylation sites (tertiary alicyclic amines) is 1. The molecule has 0 saturated carbocycles. The summed E-state index contributed by atoms with van der Waals surface area (Å²) in [5.74, 6) is 0.414. The van der Waals surface area contributed by atoms with Gasteiger partial charge in [-0.05, 0) is 37.5 Å². The van der Waals surface area contributed by atoms with Crippen molar-refractivity contribution in [1.82, 2.24) is 4.90 Å². The van der Waals surface area contributed by atoms with Crippen molar-refractivity contribution in [3.63, 3.8) is 0 Å². The van der Waals surface area contributed by atoms with E-state index >= 15 is 0 Å². The van der Waals surface area contributed by atoms with Gasteiger partial charge in [0.1, 0.15) is 5.75 Å². The number of benzene rings is 1. The van der Waals surface area contributed by atoms with Crippen LogP contribution in [0.1, 0.15) is 42.5 Å². The quantitative estimate of drug-likeness (QED) is 0.792. The van der Waals surface area contributed by atoms with E-state index in [0.29, 0.717) is 17.0 Å². The third-order valence-electron chi connectivity index (χ3n) is 4.64. The van der Waals surface area contributed by atoms with E-state index in [9.17, 15) is 14.4 Å². The van der Waals surface area contributed by atoms with Gasteiger partial charge in [0.15, 0.2) is 12.4 Å². The number of carbonyl (C=O) groups is 3. The van der Waals surface area contributed by atoms with E-state index in [4.69, 9.17) is 4.74 Å². The summed E-state index contributed by atoms with van der Waals surface area (Å²) in [5.41, 5.74) is 1.10. The van der Waals surface area contributed by atoms with E-state index in [-0.39, 0.29) is 37.0 Å². The van der Waals surface area contributed by atoms with E-state index in [2.05, 4.69) is 0 Å². The van der Waals surface area contributed by atoms with Gasteiger partial charge in [0.2, 0.25) is 5.91 Å². The molecule has 0 bridgehead atoms. The van der Waals surface area contributed by atoms with Gasteiger partial charge in [0.05, 0.1) is 5.69 Å². The van der Waals surface area contributed by atoms with Crippen molar-refractivity contribution in [1.29, 1.82) is 0 Å². The molecule has 2 heterocycles. The van der Waals surface area contributed by atoms with Gasteiger partial charge < -0.3 is 14.5 Å². The molecule has 0 atom stereocenters. The highest BCUT2D eigenvalue weighted by Crippen LogP contribution is 2.32. The summed E-state index contributed by atoms with van der Waals surface area (Å²) in [6, 6.07) is 5.06. The molecule has 1 aromatic rings. The molecule has 24 heavy (non-hydrogen) atoms. The topological polar surface area (TPSA) is 66.9 Å². The van der Waals surface area contributed by atoms with E-state index in [1.165, 1.54) is 11.3 Å². The van der Waals surface area contributed by atoms with Crippen molar-refractivity contribution >= 4 is 23.3 Å². The Morgan fingerprint density at radius 1 is 1.12 bits per heavy atom. The molecular formula is C18H22N2O4. The Morgan fingerprint density at radius 3 is 2.62 bits per heavy atom. The van der Waals surface area contributed by atoms with Crippen molar-refractivity contribution in [2.45, 2.75) is 32.1 Å². The molecule has 1 saturated heterocycles. The molecule has 128 valence electrons. The normalized spacial score (nSPS) is 17.3. The van der Waals surface area contributed by atoms with Gasteiger partial charge in [-0.3, -0.25) is 14.4 Å². The maximum Gasteiger partial charge on any atom is 0.264 e. The Morgan fingerprint density at radius 2 is 1.88 bits per heavy atom. The monoisotopic (exact) mass is 330 g/mol.